The van der Waals surface area contributed by atoms with E-state index >= 15 is 0 Å². The first-order chi connectivity index (χ1) is 7.20. The zero-order chi connectivity index (χ0) is 11.3. The Morgan fingerprint density at radius 2 is 2.33 bits per heavy atom. The topological polar surface area (TPSA) is 52.0 Å². The normalized spacial score (nSPS) is 9.73. The van der Waals surface area contributed by atoms with Crippen molar-refractivity contribution in [2.75, 3.05) is 32.1 Å². The second-order valence-electron chi connectivity index (χ2n) is 3.46. The van der Waals surface area contributed by atoms with Crippen LogP contribution >= 0.6 is 0 Å². The van der Waals surface area contributed by atoms with E-state index in [4.69, 9.17) is 5.26 Å². The molecule has 0 fully saturated rings. The minimum absolute atomic E-state index is 0.663. The number of hydrogen-bond acceptors (Lipinski definition) is 4. The van der Waals surface area contributed by atoms with E-state index in [0.29, 0.717) is 5.56 Å². The van der Waals surface area contributed by atoms with Gasteiger partial charge in [-0.1, -0.05) is 0 Å². The Balaban J connectivity index is 2.93. The summed E-state index contributed by atoms with van der Waals surface area (Å²) in [7, 11) is 3.85. The number of hydrogen-bond donors (Lipinski definition) is 1. The number of rotatable bonds is 4. The standard InChI is InChI=1S/C11H16N4/c1-9-4-5-14-11(10(9)8-12)15(3)7-6-13-2/h4-5,13H,6-7H2,1-3H3. The number of aromatic nitrogens is 1. The average molecular weight is 204 g/mol. The van der Waals surface area contributed by atoms with Crippen LogP contribution in [0.15, 0.2) is 12.3 Å². The molecular formula is C11H16N4. The SMILES string of the molecule is CNCCN(C)c1nccc(C)c1C#N. The predicted octanol–water partition coefficient (Wildman–Crippen LogP) is 0.917. The quantitative estimate of drug-likeness (QED) is 0.792. The summed E-state index contributed by atoms with van der Waals surface area (Å²) in [5.74, 6) is 0.757. The van der Waals surface area contributed by atoms with Crippen molar-refractivity contribution >= 4 is 5.82 Å². The molecule has 4 heteroatoms. The van der Waals surface area contributed by atoms with Gasteiger partial charge in [0.15, 0.2) is 0 Å². The summed E-state index contributed by atoms with van der Waals surface area (Å²) in [5.41, 5.74) is 1.63. The molecule has 1 aromatic rings. The molecule has 4 nitrogen and oxygen atoms in total. The van der Waals surface area contributed by atoms with Crippen LogP contribution in [0, 0.1) is 18.3 Å². The van der Waals surface area contributed by atoms with E-state index in [0.717, 1.165) is 24.5 Å². The molecule has 1 heterocycles. The zero-order valence-electron chi connectivity index (χ0n) is 9.41. The van der Waals surface area contributed by atoms with E-state index in [2.05, 4.69) is 16.4 Å². The van der Waals surface area contributed by atoms with E-state index in [-0.39, 0.29) is 0 Å². The van der Waals surface area contributed by atoms with Crippen molar-refractivity contribution in [1.29, 1.82) is 5.26 Å². The number of nitrogens with zero attached hydrogens (tertiary/aromatic N) is 3. The molecule has 0 radical (unpaired) electrons. The summed E-state index contributed by atoms with van der Waals surface area (Å²) < 4.78 is 0. The molecule has 1 rings (SSSR count). The molecular weight excluding hydrogens is 188 g/mol. The third kappa shape index (κ3) is 2.67. The van der Waals surface area contributed by atoms with Gasteiger partial charge >= 0.3 is 0 Å². The number of likely N-dealkylation sites (N-methyl/N-ethyl adjacent to an activating group) is 2. The summed E-state index contributed by atoms with van der Waals surface area (Å²) in [6.45, 7) is 3.63. The van der Waals surface area contributed by atoms with Crippen LogP contribution in [-0.2, 0) is 0 Å². The highest BCUT2D eigenvalue weighted by molar-refractivity contribution is 5.56. The van der Waals surface area contributed by atoms with Crippen molar-refractivity contribution in [3.8, 4) is 6.07 Å². The minimum atomic E-state index is 0.663. The second kappa shape index (κ2) is 5.32. The number of anilines is 1. The van der Waals surface area contributed by atoms with Gasteiger partial charge in [0, 0.05) is 26.3 Å². The first-order valence-electron chi connectivity index (χ1n) is 4.92. The van der Waals surface area contributed by atoms with Crippen LogP contribution in [0.4, 0.5) is 5.82 Å². The monoisotopic (exact) mass is 204 g/mol. The van der Waals surface area contributed by atoms with Gasteiger partial charge < -0.3 is 10.2 Å². The molecule has 0 unspecified atom stereocenters. The van der Waals surface area contributed by atoms with Crippen LogP contribution in [0.25, 0.3) is 0 Å². The molecule has 0 amide bonds. The number of nitrogens with one attached hydrogen (secondary N) is 1. The van der Waals surface area contributed by atoms with Crippen molar-refractivity contribution in [2.45, 2.75) is 6.92 Å². The van der Waals surface area contributed by atoms with E-state index in [1.807, 2.05) is 32.0 Å². The number of pyridine rings is 1. The van der Waals surface area contributed by atoms with Crippen LogP contribution in [0.1, 0.15) is 11.1 Å². The minimum Gasteiger partial charge on any atom is -0.357 e. The molecule has 0 aliphatic rings. The molecule has 0 aromatic carbocycles. The third-order valence-corrected chi connectivity index (χ3v) is 2.31. The maximum atomic E-state index is 9.04. The predicted molar refractivity (Wildman–Crippen MR) is 60.9 cm³/mol. The average Bonchev–Trinajstić information content (AvgIpc) is 2.25. The Morgan fingerprint density at radius 1 is 1.60 bits per heavy atom. The zero-order valence-corrected chi connectivity index (χ0v) is 9.41. The molecule has 1 aromatic heterocycles. The Hall–Kier alpha value is -1.60. The van der Waals surface area contributed by atoms with Gasteiger partial charge in [0.05, 0.1) is 5.56 Å². The van der Waals surface area contributed by atoms with Gasteiger partial charge in [-0.05, 0) is 25.6 Å². The Bertz CT molecular complexity index is 367. The van der Waals surface area contributed by atoms with Crippen LogP contribution in [0.2, 0.25) is 0 Å². The Morgan fingerprint density at radius 3 is 2.93 bits per heavy atom. The lowest BCUT2D eigenvalue weighted by molar-refractivity contribution is 0.760. The van der Waals surface area contributed by atoms with Gasteiger partial charge in [0.25, 0.3) is 0 Å². The van der Waals surface area contributed by atoms with E-state index in [1.165, 1.54) is 0 Å². The number of nitriles is 1. The second-order valence-corrected chi connectivity index (χ2v) is 3.46. The van der Waals surface area contributed by atoms with E-state index in [9.17, 15) is 0 Å². The molecule has 1 N–H and O–H groups in total. The van der Waals surface area contributed by atoms with Crippen molar-refractivity contribution < 1.29 is 0 Å². The molecule has 15 heavy (non-hydrogen) atoms. The highest BCUT2D eigenvalue weighted by Crippen LogP contribution is 2.17. The largest absolute Gasteiger partial charge is 0.357 e. The summed E-state index contributed by atoms with van der Waals surface area (Å²) in [6.07, 6.45) is 1.74. The fourth-order valence-corrected chi connectivity index (χ4v) is 1.36. The van der Waals surface area contributed by atoms with Gasteiger partial charge in [-0.25, -0.2) is 4.98 Å². The van der Waals surface area contributed by atoms with Gasteiger partial charge in [0.1, 0.15) is 11.9 Å². The number of aryl methyl sites for hydroxylation is 1. The highest BCUT2D eigenvalue weighted by Gasteiger charge is 2.10. The fourth-order valence-electron chi connectivity index (χ4n) is 1.36. The summed E-state index contributed by atoms with van der Waals surface area (Å²) in [6, 6.07) is 4.05. The van der Waals surface area contributed by atoms with Crippen LogP contribution in [0.3, 0.4) is 0 Å². The lowest BCUT2D eigenvalue weighted by Gasteiger charge is -2.19. The molecule has 0 saturated heterocycles. The smallest absolute Gasteiger partial charge is 0.146 e. The molecule has 0 spiro atoms. The van der Waals surface area contributed by atoms with Crippen LogP contribution in [0.5, 0.6) is 0 Å². The summed E-state index contributed by atoms with van der Waals surface area (Å²) in [5, 5.41) is 12.1. The molecule has 80 valence electrons. The highest BCUT2D eigenvalue weighted by atomic mass is 15.2. The lowest BCUT2D eigenvalue weighted by atomic mass is 10.1. The van der Waals surface area contributed by atoms with Crippen molar-refractivity contribution in [3.05, 3.63) is 23.4 Å². The molecule has 0 bridgehead atoms. The fraction of sp³-hybridized carbons (Fsp3) is 0.455. The van der Waals surface area contributed by atoms with Crippen molar-refractivity contribution in [2.24, 2.45) is 0 Å². The third-order valence-electron chi connectivity index (χ3n) is 2.31. The maximum Gasteiger partial charge on any atom is 0.146 e. The van der Waals surface area contributed by atoms with E-state index < -0.39 is 0 Å². The first-order valence-corrected chi connectivity index (χ1v) is 4.92. The van der Waals surface area contributed by atoms with E-state index in [1.54, 1.807) is 6.20 Å². The van der Waals surface area contributed by atoms with Gasteiger partial charge in [-0.3, -0.25) is 0 Å². The molecule has 0 atom stereocenters. The summed E-state index contributed by atoms with van der Waals surface area (Å²) in [4.78, 5) is 6.23. The molecule has 0 aliphatic carbocycles. The van der Waals surface area contributed by atoms with Crippen LogP contribution < -0.4 is 10.2 Å². The van der Waals surface area contributed by atoms with Gasteiger partial charge in [-0.15, -0.1) is 0 Å². The maximum absolute atomic E-state index is 9.04. The Kier molecular flexibility index (Phi) is 4.07. The van der Waals surface area contributed by atoms with Crippen LogP contribution in [-0.4, -0.2) is 32.2 Å². The first kappa shape index (κ1) is 11.5. The molecule has 0 saturated carbocycles. The summed E-state index contributed by atoms with van der Waals surface area (Å²) >= 11 is 0. The van der Waals surface area contributed by atoms with Crippen molar-refractivity contribution in [1.82, 2.24) is 10.3 Å². The van der Waals surface area contributed by atoms with Gasteiger partial charge in [0.2, 0.25) is 0 Å². The van der Waals surface area contributed by atoms with Crippen molar-refractivity contribution in [3.63, 3.8) is 0 Å². The Labute approximate surface area is 90.5 Å². The van der Waals surface area contributed by atoms with Gasteiger partial charge in [-0.2, -0.15) is 5.26 Å². The lowest BCUT2D eigenvalue weighted by Crippen LogP contribution is -2.28. The molecule has 0 aliphatic heterocycles.